The molecule has 0 aromatic heterocycles. The number of Topliss-reactive ketones (excluding diaryl/α,β-unsaturated/α-hetero) is 1. The zero-order valence-corrected chi connectivity index (χ0v) is 22.8. The third kappa shape index (κ3) is 7.15. The zero-order valence-electron chi connectivity index (χ0n) is 22.8. The van der Waals surface area contributed by atoms with Gasteiger partial charge < -0.3 is 24.6 Å². The first kappa shape index (κ1) is 29.9. The summed E-state index contributed by atoms with van der Waals surface area (Å²) in [6.45, 7) is 1.63. The van der Waals surface area contributed by atoms with E-state index in [9.17, 15) is 14.7 Å². The lowest BCUT2D eigenvalue weighted by Gasteiger charge is -2.32. The lowest BCUT2D eigenvalue weighted by Crippen LogP contribution is -2.48. The minimum absolute atomic E-state index is 0. The van der Waals surface area contributed by atoms with Crippen LogP contribution >= 0.6 is 0 Å². The van der Waals surface area contributed by atoms with Gasteiger partial charge in [-0.3, -0.25) is 14.5 Å². The number of nitrogens with zero attached hydrogens (tertiary/aromatic N) is 1. The minimum atomic E-state index is -0.855. The largest absolute Gasteiger partial charge is 0.497 e. The van der Waals surface area contributed by atoms with Crippen LogP contribution in [0, 0.1) is 0 Å². The Kier molecular flexibility index (Phi) is 10.5. The van der Waals surface area contributed by atoms with Gasteiger partial charge in [0, 0.05) is 39.9 Å². The Bertz CT molecular complexity index is 1130. The smallest absolute Gasteiger partial charge is 0.220 e. The van der Waals surface area contributed by atoms with Crippen LogP contribution < -0.4 is 19.5 Å². The number of fused-ring (bicyclic) bond motifs is 3. The van der Waals surface area contributed by atoms with Crippen molar-refractivity contribution in [3.05, 3.63) is 53.6 Å². The molecule has 2 N–H and O–H groups in total. The molecule has 3 heterocycles. The van der Waals surface area contributed by atoms with Crippen LogP contribution in [0.4, 0.5) is 0 Å². The van der Waals surface area contributed by atoms with Crippen molar-refractivity contribution in [2.45, 2.75) is 89.4 Å². The molecule has 8 nitrogen and oxygen atoms in total. The molecule has 0 spiro atoms. The quantitative estimate of drug-likeness (QED) is 0.246. The SMILES string of the molecule is C.COc1ccc(C(=O)CCCCCC(=O)N[C@H](CN2C3CCC2CC3)[C@H](O)c2ccc3c(c2)OCCO3)cc1.[HH].[HH]. The highest BCUT2D eigenvalue weighted by molar-refractivity contribution is 5.96. The number of carbonyl (C=O) groups is 2. The number of hydrogen-bond donors (Lipinski definition) is 2. The van der Waals surface area contributed by atoms with Crippen molar-refractivity contribution in [2.75, 3.05) is 26.9 Å². The lowest BCUT2D eigenvalue weighted by molar-refractivity contribution is -0.123. The average molecular weight is 557 g/mol. The maximum Gasteiger partial charge on any atom is 0.220 e. The second-order valence-corrected chi connectivity index (χ2v) is 10.9. The third-order valence-corrected chi connectivity index (χ3v) is 8.37. The Morgan fingerprint density at radius 2 is 1.62 bits per heavy atom. The average Bonchev–Trinajstić information content (AvgIpc) is 3.54. The van der Waals surface area contributed by atoms with Gasteiger partial charge >= 0.3 is 0 Å². The van der Waals surface area contributed by atoms with E-state index in [2.05, 4.69) is 10.2 Å². The number of nitrogens with one attached hydrogen (secondary N) is 1. The lowest BCUT2D eigenvalue weighted by atomic mass is 10.00. The molecule has 3 aliphatic rings. The number of aliphatic hydroxyl groups excluding tert-OH is 1. The normalized spacial score (nSPS) is 20.9. The molecule has 0 radical (unpaired) electrons. The molecule has 2 aromatic rings. The predicted octanol–water partition coefficient (Wildman–Crippen LogP) is 5.57. The van der Waals surface area contributed by atoms with Crippen LogP contribution in [0.5, 0.6) is 17.2 Å². The van der Waals surface area contributed by atoms with Crippen LogP contribution in [0.1, 0.15) is 90.1 Å². The van der Waals surface area contributed by atoms with E-state index in [0.29, 0.717) is 73.7 Å². The Labute approximate surface area is 241 Å². The Morgan fingerprint density at radius 3 is 2.30 bits per heavy atom. The molecule has 40 heavy (non-hydrogen) atoms. The summed E-state index contributed by atoms with van der Waals surface area (Å²) in [5.74, 6) is 2.08. The Hall–Kier alpha value is -3.10. The van der Waals surface area contributed by atoms with E-state index >= 15 is 0 Å². The highest BCUT2D eigenvalue weighted by Crippen LogP contribution is 2.39. The van der Waals surface area contributed by atoms with E-state index in [1.807, 2.05) is 18.2 Å². The number of ketones is 1. The van der Waals surface area contributed by atoms with Gasteiger partial charge in [-0.1, -0.05) is 19.9 Å². The molecule has 3 aliphatic heterocycles. The van der Waals surface area contributed by atoms with Crippen molar-refractivity contribution in [3.63, 3.8) is 0 Å². The molecule has 2 atom stereocenters. The van der Waals surface area contributed by atoms with E-state index in [0.717, 1.165) is 18.6 Å². The van der Waals surface area contributed by atoms with Gasteiger partial charge in [-0.05, 0) is 80.5 Å². The molecule has 2 saturated heterocycles. The van der Waals surface area contributed by atoms with E-state index in [1.54, 1.807) is 31.4 Å². The van der Waals surface area contributed by atoms with Crippen molar-refractivity contribution in [3.8, 4) is 17.2 Å². The van der Waals surface area contributed by atoms with Crippen molar-refractivity contribution < 1.29 is 31.8 Å². The maximum absolute atomic E-state index is 13.0. The Balaban J connectivity index is 0.00000205. The standard InChI is InChI=1S/C31H40N2O6.CH4.2H2/c1-37-25-14-7-21(8-15-25)27(34)5-3-2-4-6-30(35)32-26(20-33-23-10-11-24(33)13-12-23)31(36)22-9-16-28-29(19-22)39-18-17-38-28;;;/h7-9,14-16,19,23-24,26,31,36H,2-6,10-13,17-18,20H2,1H3,(H,32,35);1H4;2*1H/t23?,24?,26-,31-;;;/m1.../s1. The topological polar surface area (TPSA) is 97.3 Å². The van der Waals surface area contributed by atoms with Crippen LogP contribution in [0.15, 0.2) is 42.5 Å². The van der Waals surface area contributed by atoms with Crippen LogP contribution in [0.25, 0.3) is 0 Å². The van der Waals surface area contributed by atoms with Gasteiger partial charge in [-0.25, -0.2) is 0 Å². The van der Waals surface area contributed by atoms with E-state index in [1.165, 1.54) is 25.7 Å². The fourth-order valence-corrected chi connectivity index (χ4v) is 6.19. The summed E-state index contributed by atoms with van der Waals surface area (Å²) in [7, 11) is 1.60. The second-order valence-electron chi connectivity index (χ2n) is 10.9. The first-order valence-corrected chi connectivity index (χ1v) is 14.3. The number of benzene rings is 2. The Morgan fingerprint density at radius 1 is 0.975 bits per heavy atom. The summed E-state index contributed by atoms with van der Waals surface area (Å²) < 4.78 is 16.5. The molecule has 1 amide bonds. The number of unbranched alkanes of at least 4 members (excludes halogenated alkanes) is 2. The van der Waals surface area contributed by atoms with Gasteiger partial charge in [-0.15, -0.1) is 0 Å². The molecule has 5 rings (SSSR count). The molecule has 8 heteroatoms. The number of methoxy groups -OCH3 is 1. The molecule has 222 valence electrons. The van der Waals surface area contributed by atoms with Crippen LogP contribution in [-0.4, -0.2) is 66.7 Å². The number of rotatable bonds is 13. The highest BCUT2D eigenvalue weighted by atomic mass is 16.6. The zero-order chi connectivity index (χ0) is 27.2. The van der Waals surface area contributed by atoms with Gasteiger partial charge in [0.15, 0.2) is 17.3 Å². The van der Waals surface area contributed by atoms with Gasteiger partial charge in [0.05, 0.1) is 13.2 Å². The van der Waals surface area contributed by atoms with E-state index in [4.69, 9.17) is 14.2 Å². The van der Waals surface area contributed by atoms with E-state index in [-0.39, 0.29) is 22.0 Å². The number of hydrogen-bond acceptors (Lipinski definition) is 7. The first-order valence-electron chi connectivity index (χ1n) is 14.3. The molecule has 0 aliphatic carbocycles. The number of carbonyl (C=O) groups excluding carboxylic acids is 2. The fourth-order valence-electron chi connectivity index (χ4n) is 6.19. The number of amides is 1. The van der Waals surface area contributed by atoms with Gasteiger partial charge in [0.2, 0.25) is 5.91 Å². The first-order chi connectivity index (χ1) is 19.0. The summed E-state index contributed by atoms with van der Waals surface area (Å²) in [6, 6.07) is 13.4. The maximum atomic E-state index is 13.0. The second kappa shape index (κ2) is 14.0. The monoisotopic (exact) mass is 556 g/mol. The van der Waals surface area contributed by atoms with E-state index < -0.39 is 12.1 Å². The molecular weight excluding hydrogens is 508 g/mol. The van der Waals surface area contributed by atoms with Crippen LogP contribution in [-0.2, 0) is 4.79 Å². The minimum Gasteiger partial charge on any atom is -0.497 e. The molecule has 0 unspecified atom stereocenters. The number of ether oxygens (including phenoxy) is 3. The van der Waals surface area contributed by atoms with Gasteiger partial charge in [0.25, 0.3) is 0 Å². The fraction of sp³-hybridized carbons (Fsp3) is 0.562. The molecule has 2 bridgehead atoms. The molecule has 2 aromatic carbocycles. The summed E-state index contributed by atoms with van der Waals surface area (Å²) in [5, 5.41) is 14.6. The van der Waals surface area contributed by atoms with Gasteiger partial charge in [0.1, 0.15) is 25.1 Å². The van der Waals surface area contributed by atoms with Crippen molar-refractivity contribution in [2.24, 2.45) is 0 Å². The van der Waals surface area contributed by atoms with Crippen LogP contribution in [0.2, 0.25) is 0 Å². The predicted molar refractivity (Wildman–Crippen MR) is 158 cm³/mol. The summed E-state index contributed by atoms with van der Waals surface area (Å²) in [4.78, 5) is 27.9. The molecule has 0 saturated carbocycles. The molecule has 2 fully saturated rings. The van der Waals surface area contributed by atoms with Gasteiger partial charge in [-0.2, -0.15) is 0 Å². The third-order valence-electron chi connectivity index (χ3n) is 8.37. The highest BCUT2D eigenvalue weighted by Gasteiger charge is 2.41. The van der Waals surface area contributed by atoms with Crippen LogP contribution in [0.3, 0.4) is 0 Å². The summed E-state index contributed by atoms with van der Waals surface area (Å²) >= 11 is 0. The summed E-state index contributed by atoms with van der Waals surface area (Å²) in [5.41, 5.74) is 1.40. The molecular formula is C32H48N2O6. The van der Waals surface area contributed by atoms with Crippen molar-refractivity contribution in [1.82, 2.24) is 10.2 Å². The summed E-state index contributed by atoms with van der Waals surface area (Å²) in [6.07, 6.45) is 6.98. The van der Waals surface area contributed by atoms with Crippen molar-refractivity contribution in [1.29, 1.82) is 0 Å². The number of aliphatic hydroxyl groups is 1. The van der Waals surface area contributed by atoms with Crippen molar-refractivity contribution >= 4 is 11.7 Å².